The number of benzene rings is 1. The molecule has 1 aromatic carbocycles. The number of hydrogen-bond acceptors (Lipinski definition) is 6. The summed E-state index contributed by atoms with van der Waals surface area (Å²) < 4.78 is 26.6. The fourth-order valence-electron chi connectivity index (χ4n) is 3.80. The lowest BCUT2D eigenvalue weighted by molar-refractivity contribution is 0.133. The van der Waals surface area contributed by atoms with E-state index in [0.29, 0.717) is 18.7 Å². The quantitative estimate of drug-likeness (QED) is 0.490. The van der Waals surface area contributed by atoms with Crippen LogP contribution < -0.4 is 15.2 Å². The molecule has 0 spiro atoms. The minimum absolute atomic E-state index is 0.0357. The highest BCUT2D eigenvalue weighted by Crippen LogP contribution is 2.37. The molecule has 1 aliphatic rings. The van der Waals surface area contributed by atoms with Crippen LogP contribution in [0.15, 0.2) is 48.8 Å². The monoisotopic (exact) mass is 402 g/mol. The van der Waals surface area contributed by atoms with Gasteiger partial charge >= 0.3 is 0 Å². The van der Waals surface area contributed by atoms with Crippen LogP contribution in [0.25, 0.3) is 10.9 Å². The minimum Gasteiger partial charge on any atom is -0.393 e. The molecule has 0 aliphatic heterocycles. The molecule has 0 amide bonds. The van der Waals surface area contributed by atoms with Crippen LogP contribution in [0.1, 0.15) is 18.9 Å². The molecular weight excluding hydrogens is 380 g/mol. The fourth-order valence-corrected chi connectivity index (χ4v) is 4.25. The number of anilines is 2. The number of aromatic nitrogens is 3. The summed E-state index contributed by atoms with van der Waals surface area (Å²) in [7, 11) is -3.77. The molecule has 148 valence electrons. The number of nitrogens with two attached hydrogens (primary N) is 1. The summed E-state index contributed by atoms with van der Waals surface area (Å²) in [6.45, 7) is 0.121. The molecule has 2 heterocycles. The Morgan fingerprint density at radius 3 is 2.75 bits per heavy atom. The van der Waals surface area contributed by atoms with Crippen LogP contribution in [0.5, 0.6) is 0 Å². The second kappa shape index (κ2) is 7.47. The second-order valence-corrected chi connectivity index (χ2v) is 8.43. The van der Waals surface area contributed by atoms with Gasteiger partial charge in [0.1, 0.15) is 0 Å². The van der Waals surface area contributed by atoms with E-state index in [1.54, 1.807) is 6.20 Å². The van der Waals surface area contributed by atoms with Gasteiger partial charge < -0.3 is 15.0 Å². The van der Waals surface area contributed by atoms with E-state index in [-0.39, 0.29) is 18.5 Å². The summed E-state index contributed by atoms with van der Waals surface area (Å²) in [6, 6.07) is 11.7. The van der Waals surface area contributed by atoms with Gasteiger partial charge in [0.15, 0.2) is 5.82 Å². The van der Waals surface area contributed by atoms with Gasteiger partial charge in [-0.1, -0.05) is 18.2 Å². The van der Waals surface area contributed by atoms with Crippen molar-refractivity contribution in [3.63, 3.8) is 0 Å². The van der Waals surface area contributed by atoms with Crippen molar-refractivity contribution in [2.75, 3.05) is 11.9 Å². The van der Waals surface area contributed by atoms with E-state index in [1.165, 1.54) is 0 Å². The first kappa shape index (κ1) is 18.8. The normalized spacial score (nSPS) is 22.6. The largest absolute Gasteiger partial charge is 0.393 e. The average molecular weight is 402 g/mol. The lowest BCUT2D eigenvalue weighted by atomic mass is 10.1. The van der Waals surface area contributed by atoms with E-state index in [4.69, 9.17) is 5.14 Å². The molecule has 0 radical (unpaired) electrons. The molecule has 1 fully saturated rings. The Bertz CT molecular complexity index is 1070. The standard InChI is InChI=1S/C18H22N6O3S/c19-28(26,27)21-10-12-8-14(9-17(12)25)24-7-6-15-16(24)11-20-23-18(15)22-13-4-2-1-3-5-13/h1-7,11-12,14,17,21,25H,8-10H2,(H,22,23)(H2,19,26,27)/t12-,14+,17-/m0/s1. The smallest absolute Gasteiger partial charge is 0.274 e. The SMILES string of the molecule is NS(=O)(=O)NC[C@@H]1C[C@@H](n2ccc3c(Nc4ccccc4)nncc32)C[C@@H]1O. The average Bonchev–Trinajstić information content (AvgIpc) is 3.24. The van der Waals surface area contributed by atoms with Crippen LogP contribution in [0, 0.1) is 5.92 Å². The number of aliphatic hydroxyl groups excluding tert-OH is 1. The minimum atomic E-state index is -3.77. The summed E-state index contributed by atoms with van der Waals surface area (Å²) in [5, 5.41) is 27.9. The Kier molecular flexibility index (Phi) is 5.02. The molecule has 10 heteroatoms. The van der Waals surface area contributed by atoms with E-state index < -0.39 is 16.3 Å². The Hall–Kier alpha value is -2.53. The number of hydrogen-bond donors (Lipinski definition) is 4. The lowest BCUT2D eigenvalue weighted by Gasteiger charge is -2.15. The van der Waals surface area contributed by atoms with Crippen molar-refractivity contribution in [2.45, 2.75) is 25.0 Å². The molecular formula is C18H22N6O3S. The van der Waals surface area contributed by atoms with Gasteiger partial charge in [-0.2, -0.15) is 13.5 Å². The van der Waals surface area contributed by atoms with Gasteiger partial charge in [-0.3, -0.25) is 0 Å². The highest BCUT2D eigenvalue weighted by molar-refractivity contribution is 7.87. The lowest BCUT2D eigenvalue weighted by Crippen LogP contribution is -2.36. The Balaban J connectivity index is 1.56. The number of nitrogens with zero attached hydrogens (tertiary/aromatic N) is 3. The zero-order valence-corrected chi connectivity index (χ0v) is 15.9. The maximum absolute atomic E-state index is 11.1. The number of rotatable bonds is 6. The van der Waals surface area contributed by atoms with Crippen molar-refractivity contribution in [3.05, 3.63) is 48.8 Å². The summed E-state index contributed by atoms with van der Waals surface area (Å²) in [5.74, 6) is 0.464. The zero-order chi connectivity index (χ0) is 19.7. The molecule has 0 unspecified atom stereocenters. The molecule has 3 atom stereocenters. The van der Waals surface area contributed by atoms with Crippen molar-refractivity contribution >= 4 is 32.6 Å². The van der Waals surface area contributed by atoms with E-state index >= 15 is 0 Å². The van der Waals surface area contributed by atoms with Crippen LogP contribution in [0.3, 0.4) is 0 Å². The van der Waals surface area contributed by atoms with E-state index in [9.17, 15) is 13.5 Å². The van der Waals surface area contributed by atoms with Gasteiger partial charge in [0.05, 0.1) is 17.8 Å². The Morgan fingerprint density at radius 1 is 1.21 bits per heavy atom. The fraction of sp³-hybridized carbons (Fsp3) is 0.333. The van der Waals surface area contributed by atoms with Crippen molar-refractivity contribution in [1.82, 2.24) is 19.5 Å². The third-order valence-corrected chi connectivity index (χ3v) is 5.73. The third-order valence-electron chi connectivity index (χ3n) is 5.16. The van der Waals surface area contributed by atoms with Crippen molar-refractivity contribution < 1.29 is 13.5 Å². The molecule has 5 N–H and O–H groups in total. The van der Waals surface area contributed by atoms with Gasteiger partial charge in [-0.25, -0.2) is 9.86 Å². The van der Waals surface area contributed by atoms with Crippen molar-refractivity contribution in [1.29, 1.82) is 0 Å². The van der Waals surface area contributed by atoms with Gasteiger partial charge in [-0.15, -0.1) is 5.10 Å². The highest BCUT2D eigenvalue weighted by atomic mass is 32.2. The van der Waals surface area contributed by atoms with Crippen molar-refractivity contribution in [2.24, 2.45) is 11.1 Å². The van der Waals surface area contributed by atoms with E-state index in [2.05, 4.69) is 24.8 Å². The van der Waals surface area contributed by atoms with Crippen LogP contribution in [0.2, 0.25) is 0 Å². The number of aliphatic hydroxyl groups is 1. The molecule has 3 aromatic rings. The second-order valence-electron chi connectivity index (χ2n) is 7.05. The van der Waals surface area contributed by atoms with E-state index in [0.717, 1.165) is 16.6 Å². The predicted octanol–water partition coefficient (Wildman–Crippen LogP) is 1.28. The molecule has 0 bridgehead atoms. The first-order chi connectivity index (χ1) is 13.4. The molecule has 28 heavy (non-hydrogen) atoms. The molecule has 4 rings (SSSR count). The predicted molar refractivity (Wildman–Crippen MR) is 106 cm³/mol. The van der Waals surface area contributed by atoms with Crippen LogP contribution in [-0.2, 0) is 10.2 Å². The number of para-hydroxylation sites is 1. The summed E-state index contributed by atoms with van der Waals surface area (Å²) >= 11 is 0. The van der Waals surface area contributed by atoms with Gasteiger partial charge in [0.25, 0.3) is 10.2 Å². The molecule has 9 nitrogen and oxygen atoms in total. The highest BCUT2D eigenvalue weighted by Gasteiger charge is 2.34. The number of fused-ring (bicyclic) bond motifs is 1. The summed E-state index contributed by atoms with van der Waals surface area (Å²) in [4.78, 5) is 0. The molecule has 1 saturated carbocycles. The van der Waals surface area contributed by atoms with Gasteiger partial charge in [0, 0.05) is 35.8 Å². The first-order valence-electron chi connectivity index (χ1n) is 9.00. The topological polar surface area (TPSA) is 135 Å². The molecule has 0 saturated heterocycles. The summed E-state index contributed by atoms with van der Waals surface area (Å²) in [6.07, 6.45) is 4.22. The maximum atomic E-state index is 11.1. The van der Waals surface area contributed by atoms with Gasteiger partial charge in [0.2, 0.25) is 0 Å². The van der Waals surface area contributed by atoms with Gasteiger partial charge in [-0.05, 0) is 31.0 Å². The Morgan fingerprint density at radius 2 is 2.00 bits per heavy atom. The molecule has 1 aliphatic carbocycles. The van der Waals surface area contributed by atoms with Crippen LogP contribution in [0.4, 0.5) is 11.5 Å². The van der Waals surface area contributed by atoms with E-state index in [1.807, 2.05) is 42.6 Å². The Labute approximate surface area is 162 Å². The maximum Gasteiger partial charge on any atom is 0.274 e. The first-order valence-corrected chi connectivity index (χ1v) is 10.5. The molecule has 2 aromatic heterocycles. The van der Waals surface area contributed by atoms with Crippen LogP contribution >= 0.6 is 0 Å². The van der Waals surface area contributed by atoms with Crippen LogP contribution in [-0.4, -0.2) is 40.9 Å². The third kappa shape index (κ3) is 3.99. The summed E-state index contributed by atoms with van der Waals surface area (Å²) in [5.41, 5.74) is 1.83. The number of nitrogens with one attached hydrogen (secondary N) is 2. The van der Waals surface area contributed by atoms with Crippen molar-refractivity contribution in [3.8, 4) is 0 Å². The zero-order valence-electron chi connectivity index (χ0n) is 15.1.